The Kier molecular flexibility index (Phi) is 2.84. The summed E-state index contributed by atoms with van der Waals surface area (Å²) in [7, 11) is 0. The van der Waals surface area contributed by atoms with Crippen molar-refractivity contribution in [1.29, 1.82) is 0 Å². The molecule has 0 amide bonds. The lowest BCUT2D eigenvalue weighted by Gasteiger charge is -2.08. The summed E-state index contributed by atoms with van der Waals surface area (Å²) in [6, 6.07) is 11.4. The molecule has 0 aliphatic carbocycles. The van der Waals surface area contributed by atoms with E-state index in [9.17, 15) is 4.79 Å². The van der Waals surface area contributed by atoms with Crippen molar-refractivity contribution in [2.75, 3.05) is 0 Å². The summed E-state index contributed by atoms with van der Waals surface area (Å²) in [6.45, 7) is 2.01. The van der Waals surface area contributed by atoms with Crippen LogP contribution in [0.1, 0.15) is 5.56 Å². The van der Waals surface area contributed by atoms with Crippen LogP contribution in [0.25, 0.3) is 16.5 Å². The Balaban J connectivity index is 2.32. The smallest absolute Gasteiger partial charge is 0.266 e. The Bertz CT molecular complexity index is 806. The molecule has 19 heavy (non-hydrogen) atoms. The second-order valence-corrected chi connectivity index (χ2v) is 4.75. The first-order valence-electron chi connectivity index (χ1n) is 5.90. The van der Waals surface area contributed by atoms with Crippen LogP contribution in [0.15, 0.2) is 53.6 Å². The van der Waals surface area contributed by atoms with Crippen molar-refractivity contribution in [3.63, 3.8) is 0 Å². The number of hydrogen-bond acceptors (Lipinski definition) is 2. The van der Waals surface area contributed by atoms with Gasteiger partial charge in [-0.15, -0.1) is 0 Å². The van der Waals surface area contributed by atoms with Gasteiger partial charge in [0.1, 0.15) is 5.15 Å². The fourth-order valence-corrected chi connectivity index (χ4v) is 2.30. The van der Waals surface area contributed by atoms with E-state index in [1.165, 1.54) is 0 Å². The number of nitrogens with zero attached hydrogens (tertiary/aromatic N) is 2. The molecule has 94 valence electrons. The summed E-state index contributed by atoms with van der Waals surface area (Å²) in [5.41, 5.74) is 1.81. The van der Waals surface area contributed by atoms with Crippen molar-refractivity contribution < 1.29 is 0 Å². The van der Waals surface area contributed by atoms with Crippen LogP contribution in [-0.4, -0.2) is 9.55 Å². The van der Waals surface area contributed by atoms with Crippen LogP contribution in [-0.2, 0) is 0 Å². The summed E-state index contributed by atoms with van der Waals surface area (Å²) in [5, 5.41) is 1.49. The van der Waals surface area contributed by atoms with E-state index >= 15 is 0 Å². The second-order valence-electron chi connectivity index (χ2n) is 4.39. The van der Waals surface area contributed by atoms with E-state index in [1.54, 1.807) is 23.0 Å². The number of pyridine rings is 2. The van der Waals surface area contributed by atoms with Crippen molar-refractivity contribution in [2.45, 2.75) is 6.92 Å². The first-order chi connectivity index (χ1) is 9.16. The number of benzene rings is 1. The Hall–Kier alpha value is -2.13. The average molecular weight is 271 g/mol. The first-order valence-corrected chi connectivity index (χ1v) is 6.27. The van der Waals surface area contributed by atoms with Gasteiger partial charge in [-0.1, -0.05) is 29.3 Å². The number of fused-ring (bicyclic) bond motifs is 1. The van der Waals surface area contributed by atoms with Crippen LogP contribution in [0.5, 0.6) is 0 Å². The molecule has 3 nitrogen and oxygen atoms in total. The zero-order chi connectivity index (χ0) is 13.4. The first kappa shape index (κ1) is 11.9. The molecule has 0 atom stereocenters. The van der Waals surface area contributed by atoms with Gasteiger partial charge in [0.25, 0.3) is 5.56 Å². The maximum Gasteiger partial charge on any atom is 0.266 e. The van der Waals surface area contributed by atoms with E-state index in [4.69, 9.17) is 11.6 Å². The van der Waals surface area contributed by atoms with E-state index in [1.807, 2.05) is 37.3 Å². The third kappa shape index (κ3) is 2.02. The van der Waals surface area contributed by atoms with Crippen molar-refractivity contribution in [3.8, 4) is 5.69 Å². The van der Waals surface area contributed by atoms with Gasteiger partial charge < -0.3 is 0 Å². The monoisotopic (exact) mass is 270 g/mol. The third-order valence-electron chi connectivity index (χ3n) is 3.08. The molecule has 0 aliphatic heterocycles. The van der Waals surface area contributed by atoms with Crippen LogP contribution in [0.4, 0.5) is 0 Å². The van der Waals surface area contributed by atoms with Gasteiger partial charge in [-0.05, 0) is 36.6 Å². The van der Waals surface area contributed by atoms with Gasteiger partial charge in [0.2, 0.25) is 0 Å². The molecule has 3 rings (SSSR count). The molecule has 0 unspecified atom stereocenters. The Labute approximate surface area is 115 Å². The topological polar surface area (TPSA) is 34.9 Å². The van der Waals surface area contributed by atoms with Crippen LogP contribution in [0.3, 0.4) is 0 Å². The lowest BCUT2D eigenvalue weighted by Crippen LogP contribution is -2.18. The maximum absolute atomic E-state index is 12.5. The normalized spacial score (nSPS) is 10.8. The lowest BCUT2D eigenvalue weighted by atomic mass is 10.2. The van der Waals surface area contributed by atoms with Crippen LogP contribution >= 0.6 is 11.6 Å². The highest BCUT2D eigenvalue weighted by Gasteiger charge is 2.08. The standard InChI is InChI=1S/C15H11ClN2O/c1-10-2-4-12(5-3-10)18-9-7-11-6-8-17-14(16)13(11)15(18)19/h2-9H,1H3. The minimum absolute atomic E-state index is 0.153. The van der Waals surface area contributed by atoms with Crippen LogP contribution in [0, 0.1) is 6.92 Å². The predicted molar refractivity (Wildman–Crippen MR) is 77.1 cm³/mol. The lowest BCUT2D eigenvalue weighted by molar-refractivity contribution is 1.01. The van der Waals surface area contributed by atoms with Crippen LogP contribution in [0.2, 0.25) is 5.15 Å². The Morgan fingerprint density at radius 2 is 1.84 bits per heavy atom. The number of hydrogen-bond donors (Lipinski definition) is 0. The average Bonchev–Trinajstić information content (AvgIpc) is 2.40. The number of aryl methyl sites for hydroxylation is 1. The molecule has 3 aromatic rings. The second kappa shape index (κ2) is 4.52. The largest absolute Gasteiger partial charge is 0.284 e. The van der Waals surface area contributed by atoms with E-state index in [0.717, 1.165) is 16.6 Å². The molecule has 0 bridgehead atoms. The highest BCUT2D eigenvalue weighted by atomic mass is 35.5. The third-order valence-corrected chi connectivity index (χ3v) is 3.37. The van der Waals surface area contributed by atoms with E-state index in [2.05, 4.69) is 4.98 Å². The van der Waals surface area contributed by atoms with Gasteiger partial charge in [-0.3, -0.25) is 9.36 Å². The van der Waals surface area contributed by atoms with Crippen molar-refractivity contribution >= 4 is 22.4 Å². The highest BCUT2D eigenvalue weighted by Crippen LogP contribution is 2.18. The summed E-state index contributed by atoms with van der Waals surface area (Å²) in [6.07, 6.45) is 3.35. The van der Waals surface area contributed by atoms with Gasteiger partial charge in [-0.2, -0.15) is 0 Å². The zero-order valence-electron chi connectivity index (χ0n) is 10.3. The molecule has 0 fully saturated rings. The molecule has 0 N–H and O–H groups in total. The van der Waals surface area contributed by atoms with E-state index < -0.39 is 0 Å². The van der Waals surface area contributed by atoms with Gasteiger partial charge in [0, 0.05) is 18.1 Å². The van der Waals surface area contributed by atoms with Crippen molar-refractivity contribution in [1.82, 2.24) is 9.55 Å². The fourth-order valence-electron chi connectivity index (χ4n) is 2.05. The van der Waals surface area contributed by atoms with Crippen LogP contribution < -0.4 is 5.56 Å². The predicted octanol–water partition coefficient (Wildman–Crippen LogP) is 3.35. The Morgan fingerprint density at radius 1 is 1.11 bits per heavy atom. The van der Waals surface area contributed by atoms with Gasteiger partial charge in [0.15, 0.2) is 0 Å². The molecule has 0 saturated carbocycles. The Morgan fingerprint density at radius 3 is 2.58 bits per heavy atom. The molecule has 1 aromatic carbocycles. The van der Waals surface area contributed by atoms with E-state index in [-0.39, 0.29) is 10.7 Å². The molecule has 0 spiro atoms. The summed E-state index contributed by atoms with van der Waals surface area (Å²) < 4.78 is 1.58. The molecule has 0 saturated heterocycles. The summed E-state index contributed by atoms with van der Waals surface area (Å²) in [5.74, 6) is 0. The molecule has 2 aromatic heterocycles. The minimum Gasteiger partial charge on any atom is -0.284 e. The summed E-state index contributed by atoms with van der Waals surface area (Å²) >= 11 is 6.02. The molecule has 0 aliphatic rings. The quantitative estimate of drug-likeness (QED) is 0.636. The minimum atomic E-state index is -0.153. The fraction of sp³-hybridized carbons (Fsp3) is 0.0667. The van der Waals surface area contributed by atoms with E-state index in [0.29, 0.717) is 5.39 Å². The number of halogens is 1. The van der Waals surface area contributed by atoms with Gasteiger partial charge in [0.05, 0.1) is 5.39 Å². The summed E-state index contributed by atoms with van der Waals surface area (Å²) in [4.78, 5) is 16.4. The SMILES string of the molecule is Cc1ccc(-n2ccc3ccnc(Cl)c3c2=O)cc1. The molecular formula is C15H11ClN2O. The maximum atomic E-state index is 12.5. The molecule has 2 heterocycles. The number of rotatable bonds is 1. The molecular weight excluding hydrogens is 260 g/mol. The highest BCUT2D eigenvalue weighted by molar-refractivity contribution is 6.34. The van der Waals surface area contributed by atoms with Gasteiger partial charge >= 0.3 is 0 Å². The van der Waals surface area contributed by atoms with Crippen molar-refractivity contribution in [3.05, 3.63) is 69.9 Å². The molecule has 0 radical (unpaired) electrons. The van der Waals surface area contributed by atoms with Crippen molar-refractivity contribution in [2.24, 2.45) is 0 Å². The molecule has 4 heteroatoms. The zero-order valence-corrected chi connectivity index (χ0v) is 11.1. The van der Waals surface area contributed by atoms with Gasteiger partial charge in [-0.25, -0.2) is 4.98 Å². The number of aromatic nitrogens is 2.